The van der Waals surface area contributed by atoms with Crippen molar-refractivity contribution in [1.82, 2.24) is 10.6 Å². The highest BCUT2D eigenvalue weighted by atomic mass is 16.6. The number of amides is 2. The van der Waals surface area contributed by atoms with Crippen molar-refractivity contribution in [1.29, 1.82) is 0 Å². The lowest BCUT2D eigenvalue weighted by Crippen LogP contribution is -2.43. The summed E-state index contributed by atoms with van der Waals surface area (Å²) in [5.41, 5.74) is -0.157. The van der Waals surface area contributed by atoms with Crippen LogP contribution in [0.25, 0.3) is 0 Å². The highest BCUT2D eigenvalue weighted by Crippen LogP contribution is 2.18. The zero-order valence-electron chi connectivity index (χ0n) is 14.2. The molecular weight excluding hydrogens is 312 g/mol. The largest absolute Gasteiger partial charge is 0.458 e. The van der Waals surface area contributed by atoms with Gasteiger partial charge in [0.2, 0.25) is 11.7 Å². The van der Waals surface area contributed by atoms with E-state index >= 15 is 0 Å². The van der Waals surface area contributed by atoms with Crippen LogP contribution in [-0.4, -0.2) is 35.7 Å². The van der Waals surface area contributed by atoms with E-state index in [0.717, 1.165) is 6.92 Å². The van der Waals surface area contributed by atoms with Gasteiger partial charge in [-0.3, -0.25) is 14.4 Å². The summed E-state index contributed by atoms with van der Waals surface area (Å²) in [4.78, 5) is 46.4. The van der Waals surface area contributed by atoms with Gasteiger partial charge >= 0.3 is 5.97 Å². The van der Waals surface area contributed by atoms with Crippen molar-refractivity contribution >= 4 is 23.6 Å². The molecule has 0 radical (unpaired) electrons. The molecule has 1 aromatic rings. The Morgan fingerprint density at radius 2 is 1.67 bits per heavy atom. The fourth-order valence-electron chi connectivity index (χ4n) is 1.78. The molecule has 1 atom stereocenters. The summed E-state index contributed by atoms with van der Waals surface area (Å²) in [5, 5.41) is 4.68. The molecule has 0 aromatic heterocycles. The van der Waals surface area contributed by atoms with Crippen LogP contribution in [0.15, 0.2) is 30.3 Å². The molecule has 0 saturated carbocycles. The number of carbonyl (C=O) groups excluding carboxylic acids is 4. The first kappa shape index (κ1) is 19.3. The Labute approximate surface area is 140 Å². The molecule has 0 saturated heterocycles. The molecule has 7 heteroatoms. The predicted molar refractivity (Wildman–Crippen MR) is 86.9 cm³/mol. The van der Waals surface area contributed by atoms with E-state index in [1.54, 1.807) is 51.1 Å². The van der Waals surface area contributed by atoms with Gasteiger partial charge in [0.25, 0.3) is 5.91 Å². The maximum absolute atomic E-state index is 12.4. The van der Waals surface area contributed by atoms with Crippen LogP contribution in [-0.2, 0) is 23.9 Å². The minimum atomic E-state index is -1.01. The number of benzene rings is 1. The maximum Gasteiger partial charge on any atom is 0.333 e. The average molecular weight is 334 g/mol. The third kappa shape index (κ3) is 6.60. The van der Waals surface area contributed by atoms with Crippen LogP contribution in [0.5, 0.6) is 0 Å². The number of nitrogens with one attached hydrogen (secondary N) is 2. The summed E-state index contributed by atoms with van der Waals surface area (Å²) >= 11 is 0. The standard InChI is InChI=1S/C17H22N2O5/c1-11(20)15(22)18-10-13(21)19-14(12-8-6-5-7-9-12)16(23)24-17(2,3)4/h5-9,14H,10H2,1-4H3,(H,18,22)(H,19,21). The monoisotopic (exact) mass is 334 g/mol. The number of Topliss-reactive ketones (excluding diaryl/α,β-unsaturated/α-hetero) is 1. The van der Waals surface area contributed by atoms with Crippen molar-refractivity contribution < 1.29 is 23.9 Å². The van der Waals surface area contributed by atoms with Crippen molar-refractivity contribution in [2.45, 2.75) is 39.3 Å². The molecule has 0 bridgehead atoms. The van der Waals surface area contributed by atoms with E-state index in [-0.39, 0.29) is 0 Å². The molecule has 2 amide bonds. The first-order valence-electron chi connectivity index (χ1n) is 7.46. The number of esters is 1. The zero-order chi connectivity index (χ0) is 18.3. The Morgan fingerprint density at radius 3 is 2.17 bits per heavy atom. The maximum atomic E-state index is 12.4. The summed E-state index contributed by atoms with van der Waals surface area (Å²) in [5.74, 6) is -2.78. The molecule has 130 valence electrons. The predicted octanol–water partition coefficient (Wildman–Crippen LogP) is 0.891. The minimum absolute atomic E-state index is 0.412. The van der Waals surface area contributed by atoms with Gasteiger partial charge in [0.15, 0.2) is 6.04 Å². The highest BCUT2D eigenvalue weighted by molar-refractivity contribution is 6.35. The van der Waals surface area contributed by atoms with Gasteiger partial charge in [0.05, 0.1) is 6.54 Å². The number of hydrogen-bond donors (Lipinski definition) is 2. The molecular formula is C17H22N2O5. The van der Waals surface area contributed by atoms with E-state index in [2.05, 4.69) is 10.6 Å². The molecule has 1 unspecified atom stereocenters. The summed E-state index contributed by atoms with van der Waals surface area (Å²) in [7, 11) is 0. The Hall–Kier alpha value is -2.70. The Kier molecular flexibility index (Phi) is 6.64. The van der Waals surface area contributed by atoms with E-state index in [0.29, 0.717) is 5.56 Å². The van der Waals surface area contributed by atoms with Gasteiger partial charge in [-0.2, -0.15) is 0 Å². The van der Waals surface area contributed by atoms with E-state index in [9.17, 15) is 19.2 Å². The normalized spacial score (nSPS) is 12.0. The van der Waals surface area contributed by atoms with Crippen molar-refractivity contribution in [3.63, 3.8) is 0 Å². The smallest absolute Gasteiger partial charge is 0.333 e. The molecule has 0 fully saturated rings. The van der Waals surface area contributed by atoms with Gasteiger partial charge in [0.1, 0.15) is 5.60 Å². The summed E-state index contributed by atoms with van der Waals surface area (Å²) in [6.07, 6.45) is 0. The molecule has 0 spiro atoms. The molecule has 0 aliphatic rings. The van der Waals surface area contributed by atoms with E-state index < -0.39 is 41.8 Å². The molecule has 1 aromatic carbocycles. The SMILES string of the molecule is CC(=O)C(=O)NCC(=O)NC(C(=O)OC(C)(C)C)c1ccccc1. The van der Waals surface area contributed by atoms with E-state index in [1.165, 1.54) is 0 Å². The van der Waals surface area contributed by atoms with Gasteiger partial charge < -0.3 is 15.4 Å². The second-order valence-corrected chi connectivity index (χ2v) is 6.18. The molecule has 24 heavy (non-hydrogen) atoms. The van der Waals surface area contributed by atoms with Gasteiger partial charge in [0, 0.05) is 6.92 Å². The topological polar surface area (TPSA) is 102 Å². The number of hydrogen-bond acceptors (Lipinski definition) is 5. The fourth-order valence-corrected chi connectivity index (χ4v) is 1.78. The molecule has 0 aliphatic heterocycles. The lowest BCUT2D eigenvalue weighted by Gasteiger charge is -2.24. The summed E-state index contributed by atoms with van der Waals surface area (Å²) in [6, 6.07) is 7.61. The molecule has 1 rings (SSSR count). The fraction of sp³-hybridized carbons (Fsp3) is 0.412. The molecule has 7 nitrogen and oxygen atoms in total. The van der Waals surface area contributed by atoms with Crippen LogP contribution in [0.2, 0.25) is 0 Å². The quantitative estimate of drug-likeness (QED) is 0.594. The van der Waals surface area contributed by atoms with Crippen LogP contribution >= 0.6 is 0 Å². The lowest BCUT2D eigenvalue weighted by atomic mass is 10.1. The van der Waals surface area contributed by atoms with E-state index in [1.807, 2.05) is 0 Å². The van der Waals surface area contributed by atoms with Gasteiger partial charge in [-0.25, -0.2) is 4.79 Å². The lowest BCUT2D eigenvalue weighted by molar-refractivity contribution is -0.158. The van der Waals surface area contributed by atoms with Crippen molar-refractivity contribution in [3.8, 4) is 0 Å². The number of rotatable bonds is 6. The third-order valence-electron chi connectivity index (χ3n) is 2.81. The second-order valence-electron chi connectivity index (χ2n) is 6.18. The van der Waals surface area contributed by atoms with Crippen LogP contribution in [0, 0.1) is 0 Å². The second kappa shape index (κ2) is 8.24. The van der Waals surface area contributed by atoms with Gasteiger partial charge in [-0.15, -0.1) is 0 Å². The Bertz CT molecular complexity index is 620. The summed E-state index contributed by atoms with van der Waals surface area (Å²) < 4.78 is 5.32. The highest BCUT2D eigenvalue weighted by Gasteiger charge is 2.28. The minimum Gasteiger partial charge on any atom is -0.458 e. The Balaban J connectivity index is 2.83. The first-order valence-corrected chi connectivity index (χ1v) is 7.46. The molecule has 0 heterocycles. The van der Waals surface area contributed by atoms with Crippen LogP contribution in [0.4, 0.5) is 0 Å². The van der Waals surface area contributed by atoms with Crippen LogP contribution in [0.1, 0.15) is 39.3 Å². The number of ether oxygens (including phenoxy) is 1. The van der Waals surface area contributed by atoms with E-state index in [4.69, 9.17) is 4.74 Å². The van der Waals surface area contributed by atoms with Crippen molar-refractivity contribution in [2.24, 2.45) is 0 Å². The first-order chi connectivity index (χ1) is 11.1. The molecule has 0 aliphatic carbocycles. The zero-order valence-corrected chi connectivity index (χ0v) is 14.2. The van der Waals surface area contributed by atoms with Crippen molar-refractivity contribution in [2.75, 3.05) is 6.54 Å². The number of ketones is 1. The van der Waals surface area contributed by atoms with Gasteiger partial charge in [-0.1, -0.05) is 30.3 Å². The van der Waals surface area contributed by atoms with Crippen LogP contribution in [0.3, 0.4) is 0 Å². The Morgan fingerprint density at radius 1 is 1.08 bits per heavy atom. The number of carbonyl (C=O) groups is 4. The average Bonchev–Trinajstić information content (AvgIpc) is 2.49. The third-order valence-corrected chi connectivity index (χ3v) is 2.81. The molecule has 2 N–H and O–H groups in total. The summed E-state index contributed by atoms with van der Waals surface area (Å²) in [6.45, 7) is 5.86. The van der Waals surface area contributed by atoms with Gasteiger partial charge in [-0.05, 0) is 26.3 Å². The van der Waals surface area contributed by atoms with Crippen molar-refractivity contribution in [3.05, 3.63) is 35.9 Å². The van der Waals surface area contributed by atoms with Crippen LogP contribution < -0.4 is 10.6 Å².